The highest BCUT2D eigenvalue weighted by molar-refractivity contribution is 7.89. The van der Waals surface area contributed by atoms with Crippen LogP contribution in [0.4, 0.5) is 11.4 Å². The van der Waals surface area contributed by atoms with Crippen LogP contribution in [0.2, 0.25) is 0 Å². The zero-order valence-electron chi connectivity index (χ0n) is 11.8. The molecule has 0 spiro atoms. The summed E-state index contributed by atoms with van der Waals surface area (Å²) in [6.45, 7) is 0.527. The van der Waals surface area contributed by atoms with Crippen molar-refractivity contribution in [2.45, 2.75) is 11.3 Å². The normalized spacial score (nSPS) is 11.3. The second kappa shape index (κ2) is 6.86. The van der Waals surface area contributed by atoms with Crippen LogP contribution in [0.1, 0.15) is 4.88 Å². The maximum absolute atomic E-state index is 11.7. The molecule has 9 heteroatoms. The fraction of sp³-hybridized carbons (Fsp3) is 0.231. The molecule has 0 fully saturated rings. The van der Waals surface area contributed by atoms with Gasteiger partial charge in [-0.3, -0.25) is 10.1 Å². The minimum Gasteiger partial charge on any atom is -0.379 e. The average molecular weight is 341 g/mol. The number of benzene rings is 1. The van der Waals surface area contributed by atoms with Crippen LogP contribution in [-0.2, 0) is 16.4 Å². The highest BCUT2D eigenvalue weighted by Crippen LogP contribution is 2.27. The summed E-state index contributed by atoms with van der Waals surface area (Å²) in [6, 6.07) is 7.74. The van der Waals surface area contributed by atoms with Crippen molar-refractivity contribution >= 4 is 32.7 Å². The molecule has 0 unspecified atom stereocenters. The zero-order valence-corrected chi connectivity index (χ0v) is 13.4. The van der Waals surface area contributed by atoms with Gasteiger partial charge in [-0.1, -0.05) is 6.07 Å². The van der Waals surface area contributed by atoms with E-state index in [1.807, 2.05) is 17.5 Å². The van der Waals surface area contributed by atoms with Crippen molar-refractivity contribution in [3.8, 4) is 0 Å². The lowest BCUT2D eigenvalue weighted by atomic mass is 10.2. The van der Waals surface area contributed by atoms with Crippen LogP contribution in [0.3, 0.4) is 0 Å². The highest BCUT2D eigenvalue weighted by atomic mass is 32.2. The van der Waals surface area contributed by atoms with Crippen LogP contribution in [0, 0.1) is 10.1 Å². The van der Waals surface area contributed by atoms with Crippen LogP contribution in [0.15, 0.2) is 40.6 Å². The van der Waals surface area contributed by atoms with Crippen LogP contribution >= 0.6 is 11.3 Å². The minimum atomic E-state index is -3.71. The second-order valence-corrected chi connectivity index (χ2v) is 7.32. The zero-order chi connectivity index (χ0) is 16.2. The van der Waals surface area contributed by atoms with Gasteiger partial charge in [0.15, 0.2) is 0 Å². The smallest absolute Gasteiger partial charge is 0.293 e. The van der Waals surface area contributed by atoms with E-state index in [-0.39, 0.29) is 10.6 Å². The van der Waals surface area contributed by atoms with E-state index in [0.717, 1.165) is 12.5 Å². The number of hydrogen-bond acceptors (Lipinski definition) is 6. The van der Waals surface area contributed by atoms with Crippen LogP contribution in [0.25, 0.3) is 0 Å². The Morgan fingerprint density at radius 2 is 2.09 bits per heavy atom. The number of sulfonamides is 1. The van der Waals surface area contributed by atoms with Gasteiger partial charge in [-0.25, -0.2) is 13.1 Å². The minimum absolute atomic E-state index is 0.134. The number of nitro groups is 1. The summed E-state index contributed by atoms with van der Waals surface area (Å²) in [5.74, 6) is 0. The first-order chi connectivity index (χ1) is 10.4. The fourth-order valence-electron chi connectivity index (χ4n) is 1.87. The number of nitrogens with one attached hydrogen (secondary N) is 2. The van der Waals surface area contributed by atoms with Gasteiger partial charge in [0.05, 0.1) is 9.82 Å². The molecule has 0 radical (unpaired) electrons. The predicted octanol–water partition coefficient (Wildman–Crippen LogP) is 2.22. The lowest BCUT2D eigenvalue weighted by Crippen LogP contribution is -2.18. The Labute approximate surface area is 132 Å². The quantitative estimate of drug-likeness (QED) is 0.594. The molecule has 0 aliphatic rings. The Kier molecular flexibility index (Phi) is 5.11. The number of thiophene rings is 1. The molecular formula is C13H15N3O4S2. The van der Waals surface area contributed by atoms with Gasteiger partial charge in [0.25, 0.3) is 5.69 Å². The largest absolute Gasteiger partial charge is 0.379 e. The van der Waals surface area contributed by atoms with Gasteiger partial charge in [-0.15, -0.1) is 11.3 Å². The summed E-state index contributed by atoms with van der Waals surface area (Å²) in [4.78, 5) is 11.6. The predicted molar refractivity (Wildman–Crippen MR) is 85.9 cm³/mol. The number of rotatable bonds is 7. The molecule has 2 rings (SSSR count). The fourth-order valence-corrected chi connectivity index (χ4v) is 3.33. The molecule has 22 heavy (non-hydrogen) atoms. The van der Waals surface area contributed by atoms with Gasteiger partial charge in [0, 0.05) is 17.5 Å². The van der Waals surface area contributed by atoms with Crippen molar-refractivity contribution in [2.75, 3.05) is 18.9 Å². The van der Waals surface area contributed by atoms with Gasteiger partial charge >= 0.3 is 0 Å². The van der Waals surface area contributed by atoms with E-state index in [9.17, 15) is 18.5 Å². The topological polar surface area (TPSA) is 101 Å². The molecular weight excluding hydrogens is 326 g/mol. The third kappa shape index (κ3) is 3.81. The Morgan fingerprint density at radius 1 is 1.32 bits per heavy atom. The van der Waals surface area contributed by atoms with Crippen molar-refractivity contribution in [1.82, 2.24) is 4.72 Å². The maximum Gasteiger partial charge on any atom is 0.293 e. The van der Waals surface area contributed by atoms with Crippen molar-refractivity contribution in [2.24, 2.45) is 0 Å². The Balaban J connectivity index is 2.18. The molecule has 2 N–H and O–H groups in total. The first kappa shape index (κ1) is 16.4. The third-order valence-electron chi connectivity index (χ3n) is 3.01. The highest BCUT2D eigenvalue weighted by Gasteiger charge is 2.20. The van der Waals surface area contributed by atoms with E-state index in [2.05, 4.69) is 10.0 Å². The summed E-state index contributed by atoms with van der Waals surface area (Å²) in [6.07, 6.45) is 0.741. The van der Waals surface area contributed by atoms with Gasteiger partial charge in [-0.2, -0.15) is 0 Å². The Hall–Kier alpha value is -1.97. The Morgan fingerprint density at radius 3 is 2.68 bits per heavy atom. The first-order valence-electron chi connectivity index (χ1n) is 6.42. The molecule has 1 heterocycles. The third-order valence-corrected chi connectivity index (χ3v) is 5.36. The van der Waals surface area contributed by atoms with E-state index in [1.165, 1.54) is 24.1 Å². The number of hydrogen-bond donors (Lipinski definition) is 2. The molecule has 0 aliphatic heterocycles. The van der Waals surface area contributed by atoms with E-state index in [0.29, 0.717) is 12.2 Å². The average Bonchev–Trinajstić information content (AvgIpc) is 3.00. The van der Waals surface area contributed by atoms with Crippen LogP contribution in [-0.4, -0.2) is 26.9 Å². The molecule has 118 valence electrons. The molecule has 0 bridgehead atoms. The van der Waals surface area contributed by atoms with E-state index < -0.39 is 14.9 Å². The number of anilines is 1. The summed E-state index contributed by atoms with van der Waals surface area (Å²) >= 11 is 1.62. The van der Waals surface area contributed by atoms with Crippen molar-refractivity contribution in [3.05, 3.63) is 50.7 Å². The van der Waals surface area contributed by atoms with Gasteiger partial charge < -0.3 is 5.32 Å². The van der Waals surface area contributed by atoms with Gasteiger partial charge in [-0.05, 0) is 37.0 Å². The molecule has 0 amide bonds. The molecule has 1 aromatic heterocycles. The Bertz CT molecular complexity index is 758. The lowest BCUT2D eigenvalue weighted by molar-refractivity contribution is -0.384. The molecule has 0 aliphatic carbocycles. The number of nitrogens with zero attached hydrogens (tertiary/aromatic N) is 1. The van der Waals surface area contributed by atoms with Gasteiger partial charge in [0.2, 0.25) is 10.0 Å². The molecule has 0 saturated carbocycles. The summed E-state index contributed by atoms with van der Waals surface area (Å²) in [5.41, 5.74) is 0.0408. The molecule has 0 atom stereocenters. The van der Waals surface area contributed by atoms with E-state index >= 15 is 0 Å². The van der Waals surface area contributed by atoms with Gasteiger partial charge in [0.1, 0.15) is 5.69 Å². The monoisotopic (exact) mass is 341 g/mol. The second-order valence-electron chi connectivity index (χ2n) is 4.40. The first-order valence-corrected chi connectivity index (χ1v) is 8.78. The van der Waals surface area contributed by atoms with E-state index in [1.54, 1.807) is 11.3 Å². The van der Waals surface area contributed by atoms with Crippen LogP contribution < -0.4 is 10.0 Å². The molecule has 0 saturated heterocycles. The van der Waals surface area contributed by atoms with E-state index in [4.69, 9.17) is 0 Å². The maximum atomic E-state index is 11.7. The lowest BCUT2D eigenvalue weighted by Gasteiger charge is -2.08. The standard InChI is InChI=1S/C13H15N3O4S2/c1-14-22(19,20)11-4-5-12(13(9-11)16(17)18)15-7-6-10-3-2-8-21-10/h2-5,8-9,14-15H,6-7H2,1H3. The molecule has 7 nitrogen and oxygen atoms in total. The summed E-state index contributed by atoms with van der Waals surface area (Å²) < 4.78 is 25.5. The van der Waals surface area contributed by atoms with Crippen LogP contribution in [0.5, 0.6) is 0 Å². The molecule has 1 aromatic carbocycles. The van der Waals surface area contributed by atoms with Crippen molar-refractivity contribution in [1.29, 1.82) is 0 Å². The summed E-state index contributed by atoms with van der Waals surface area (Å²) in [5, 5.41) is 16.1. The molecule has 2 aromatic rings. The van der Waals surface area contributed by atoms with Crippen molar-refractivity contribution < 1.29 is 13.3 Å². The summed E-state index contributed by atoms with van der Waals surface area (Å²) in [7, 11) is -2.45. The SMILES string of the molecule is CNS(=O)(=O)c1ccc(NCCc2cccs2)c([N+](=O)[O-])c1. The van der Waals surface area contributed by atoms with Crippen molar-refractivity contribution in [3.63, 3.8) is 0 Å². The number of nitro benzene ring substituents is 1.